The van der Waals surface area contributed by atoms with Crippen LogP contribution in [0.3, 0.4) is 0 Å². The molecule has 0 atom stereocenters. The van der Waals surface area contributed by atoms with E-state index in [-0.39, 0.29) is 0 Å². The van der Waals surface area contributed by atoms with E-state index in [9.17, 15) is 0 Å². The second-order valence-electron chi connectivity index (χ2n) is 12.5. The topological polar surface area (TPSA) is 104 Å². The first-order valence-corrected chi connectivity index (χ1v) is 18.0. The van der Waals surface area contributed by atoms with Crippen molar-refractivity contribution in [3.63, 3.8) is 0 Å². The van der Waals surface area contributed by atoms with Crippen LogP contribution in [0.15, 0.2) is 146 Å². The third-order valence-electron chi connectivity index (χ3n) is 8.48. The van der Waals surface area contributed by atoms with Gasteiger partial charge in [0.15, 0.2) is 23.0 Å². The van der Waals surface area contributed by atoms with Crippen molar-refractivity contribution in [3.8, 4) is 23.0 Å². The lowest BCUT2D eigenvalue weighted by Gasteiger charge is -2.25. The fraction of sp³-hybridized carbons (Fsp3) is 0.227. The van der Waals surface area contributed by atoms with Gasteiger partial charge in [-0.2, -0.15) is 0 Å². The Bertz CT molecular complexity index is 1800. The zero-order valence-electron chi connectivity index (χ0n) is 30.0. The summed E-state index contributed by atoms with van der Waals surface area (Å²) in [7, 11) is 0. The van der Waals surface area contributed by atoms with E-state index in [4.69, 9.17) is 34.6 Å². The number of nitrogens with two attached hydrogens (primary N) is 1. The molecule has 0 saturated carbocycles. The van der Waals surface area contributed by atoms with Crippen molar-refractivity contribution in [2.75, 3.05) is 26.2 Å². The van der Waals surface area contributed by atoms with Gasteiger partial charge in [0.2, 0.25) is 0 Å². The maximum Gasteiger partial charge on any atom is 0.184 e. The van der Waals surface area contributed by atoms with Crippen LogP contribution in [0.5, 0.6) is 23.0 Å². The second-order valence-corrected chi connectivity index (χ2v) is 12.5. The third-order valence-corrected chi connectivity index (χ3v) is 8.48. The number of benzene rings is 4. The summed E-state index contributed by atoms with van der Waals surface area (Å²) in [6, 6.07) is 44.2. The molecule has 3 N–H and O–H groups in total. The zero-order chi connectivity index (χ0) is 36.3. The molecule has 6 rings (SSSR count). The Morgan fingerprint density at radius 3 is 1.23 bits per heavy atom. The minimum absolute atomic E-state index is 0.374. The van der Waals surface area contributed by atoms with Gasteiger partial charge in [-0.3, -0.25) is 14.9 Å². The standard InChI is InChI=1S/C44H47N5O4/c45-23-26-46-27-28-49(29-39-43(52-33-37-17-9-3-10-18-37)41(21-24-47-39)50-31-35-13-5-1-6-14-35)30-40-44(53-34-38-19-11-4-12-20-38)42(22-25-48-40)51-32-36-15-7-2-8-16-36/h1-22,24-25,46H,23,26-34,45H2. The summed E-state index contributed by atoms with van der Waals surface area (Å²) < 4.78 is 25.8. The lowest BCUT2D eigenvalue weighted by Crippen LogP contribution is -2.34. The van der Waals surface area contributed by atoms with Crippen LogP contribution in [0.25, 0.3) is 0 Å². The molecule has 0 spiro atoms. The Hall–Kier alpha value is -5.74. The Morgan fingerprint density at radius 2 is 0.849 bits per heavy atom. The number of ether oxygens (including phenoxy) is 4. The molecule has 53 heavy (non-hydrogen) atoms. The van der Waals surface area contributed by atoms with E-state index in [1.54, 1.807) is 12.4 Å². The third kappa shape index (κ3) is 11.6. The van der Waals surface area contributed by atoms with Crippen LogP contribution >= 0.6 is 0 Å². The highest BCUT2D eigenvalue weighted by Crippen LogP contribution is 2.35. The van der Waals surface area contributed by atoms with Crippen LogP contribution in [0.1, 0.15) is 33.6 Å². The molecular weight excluding hydrogens is 663 g/mol. The molecular formula is C44H47N5O4. The highest BCUT2D eigenvalue weighted by molar-refractivity contribution is 5.45. The molecule has 0 aliphatic rings. The van der Waals surface area contributed by atoms with Gasteiger partial charge in [-0.05, 0) is 22.3 Å². The number of nitrogens with zero attached hydrogens (tertiary/aromatic N) is 3. The Labute approximate surface area is 312 Å². The Morgan fingerprint density at radius 1 is 0.472 bits per heavy atom. The molecule has 272 valence electrons. The molecule has 0 aliphatic carbocycles. The van der Waals surface area contributed by atoms with Gasteiger partial charge in [0.1, 0.15) is 37.8 Å². The van der Waals surface area contributed by atoms with Gasteiger partial charge >= 0.3 is 0 Å². The van der Waals surface area contributed by atoms with Crippen LogP contribution in [0.2, 0.25) is 0 Å². The lowest BCUT2D eigenvalue weighted by molar-refractivity contribution is 0.217. The molecule has 0 fully saturated rings. The summed E-state index contributed by atoms with van der Waals surface area (Å²) >= 11 is 0. The molecule has 0 aliphatic heterocycles. The molecule has 2 aromatic heterocycles. The predicted molar refractivity (Wildman–Crippen MR) is 208 cm³/mol. The minimum atomic E-state index is 0.374. The summed E-state index contributed by atoms with van der Waals surface area (Å²) in [5, 5.41) is 3.44. The number of aromatic nitrogens is 2. The Kier molecular flexibility index (Phi) is 14.2. The van der Waals surface area contributed by atoms with Crippen LogP contribution < -0.4 is 30.0 Å². The summed E-state index contributed by atoms with van der Waals surface area (Å²) in [6.07, 6.45) is 3.56. The molecule has 9 heteroatoms. The van der Waals surface area contributed by atoms with E-state index in [1.807, 2.05) is 133 Å². The van der Waals surface area contributed by atoms with Gasteiger partial charge in [-0.15, -0.1) is 0 Å². The van der Waals surface area contributed by atoms with Crippen molar-refractivity contribution >= 4 is 0 Å². The van der Waals surface area contributed by atoms with E-state index in [0.717, 1.165) is 33.6 Å². The van der Waals surface area contributed by atoms with E-state index < -0.39 is 0 Å². The van der Waals surface area contributed by atoms with E-state index >= 15 is 0 Å². The maximum absolute atomic E-state index is 6.53. The molecule has 9 nitrogen and oxygen atoms in total. The molecule has 6 aromatic rings. The average Bonchev–Trinajstić information content (AvgIpc) is 3.21. The minimum Gasteiger partial charge on any atom is -0.485 e. The molecule has 0 bridgehead atoms. The highest BCUT2D eigenvalue weighted by Gasteiger charge is 2.21. The summed E-state index contributed by atoms with van der Waals surface area (Å²) in [4.78, 5) is 12.0. The van der Waals surface area contributed by atoms with E-state index in [0.29, 0.717) is 88.7 Å². The van der Waals surface area contributed by atoms with Gasteiger partial charge in [0, 0.05) is 63.8 Å². The monoisotopic (exact) mass is 709 g/mol. The lowest BCUT2D eigenvalue weighted by atomic mass is 10.2. The van der Waals surface area contributed by atoms with Gasteiger partial charge in [0.25, 0.3) is 0 Å². The normalized spacial score (nSPS) is 11.0. The quantitative estimate of drug-likeness (QED) is 0.0743. The first kappa shape index (κ1) is 37.0. The van der Waals surface area contributed by atoms with Gasteiger partial charge in [0.05, 0.1) is 0 Å². The highest BCUT2D eigenvalue weighted by atomic mass is 16.5. The molecule has 2 heterocycles. The van der Waals surface area contributed by atoms with Crippen molar-refractivity contribution in [1.29, 1.82) is 0 Å². The maximum atomic E-state index is 6.53. The molecule has 0 radical (unpaired) electrons. The largest absolute Gasteiger partial charge is 0.485 e. The van der Waals surface area contributed by atoms with Gasteiger partial charge in [-0.1, -0.05) is 121 Å². The SMILES string of the molecule is NCCNCCN(Cc1nccc(OCc2ccccc2)c1OCc1ccccc1)Cc1nccc(OCc2ccccc2)c1OCc1ccccc1. The van der Waals surface area contributed by atoms with Crippen LogP contribution in [0.4, 0.5) is 0 Å². The second kappa shape index (κ2) is 20.3. The number of pyridine rings is 2. The summed E-state index contributed by atoms with van der Waals surface area (Å²) in [5.74, 6) is 2.50. The smallest absolute Gasteiger partial charge is 0.184 e. The molecule has 0 saturated heterocycles. The van der Waals surface area contributed by atoms with Crippen molar-refractivity contribution in [2.24, 2.45) is 5.73 Å². The number of rotatable bonds is 21. The van der Waals surface area contributed by atoms with Gasteiger partial charge in [-0.25, -0.2) is 0 Å². The van der Waals surface area contributed by atoms with Crippen LogP contribution in [-0.2, 0) is 39.5 Å². The van der Waals surface area contributed by atoms with E-state index in [2.05, 4.69) is 10.2 Å². The Balaban J connectivity index is 1.29. The average molecular weight is 710 g/mol. The van der Waals surface area contributed by atoms with Crippen LogP contribution in [0, 0.1) is 0 Å². The first-order chi connectivity index (χ1) is 26.2. The number of hydrogen-bond acceptors (Lipinski definition) is 9. The summed E-state index contributed by atoms with van der Waals surface area (Å²) in [6.45, 7) is 5.15. The first-order valence-electron chi connectivity index (χ1n) is 18.0. The van der Waals surface area contributed by atoms with Gasteiger partial charge < -0.3 is 30.0 Å². The number of nitrogens with one attached hydrogen (secondary N) is 1. The number of hydrogen-bond donors (Lipinski definition) is 2. The summed E-state index contributed by atoms with van der Waals surface area (Å²) in [5.41, 5.74) is 11.6. The van der Waals surface area contributed by atoms with Crippen molar-refractivity contribution < 1.29 is 18.9 Å². The molecule has 0 unspecified atom stereocenters. The van der Waals surface area contributed by atoms with Crippen LogP contribution in [-0.4, -0.2) is 41.0 Å². The predicted octanol–water partition coefficient (Wildman–Crippen LogP) is 7.34. The zero-order valence-corrected chi connectivity index (χ0v) is 30.0. The fourth-order valence-electron chi connectivity index (χ4n) is 5.74. The molecule has 4 aromatic carbocycles. The fourth-order valence-corrected chi connectivity index (χ4v) is 5.74. The van der Waals surface area contributed by atoms with Crippen molar-refractivity contribution in [2.45, 2.75) is 39.5 Å². The van der Waals surface area contributed by atoms with E-state index in [1.165, 1.54) is 0 Å². The molecule has 0 amide bonds. The van der Waals surface area contributed by atoms with Crippen molar-refractivity contribution in [3.05, 3.63) is 179 Å². The van der Waals surface area contributed by atoms with Crippen molar-refractivity contribution in [1.82, 2.24) is 20.2 Å².